The van der Waals surface area contributed by atoms with Crippen LogP contribution in [0.25, 0.3) is 0 Å². The lowest BCUT2D eigenvalue weighted by Crippen LogP contribution is -2.48. The number of nitrogens with zero attached hydrogens (tertiary/aromatic N) is 1. The Bertz CT molecular complexity index is 303. The minimum Gasteiger partial charge on any atom is -0.342 e. The van der Waals surface area contributed by atoms with E-state index in [0.29, 0.717) is 17.9 Å². The Kier molecular flexibility index (Phi) is 4.39. The first kappa shape index (κ1) is 15.8. The molecule has 2 fully saturated rings. The molecule has 0 radical (unpaired) electrons. The number of nitrogens with two attached hydrogens (primary N) is 1. The quantitative estimate of drug-likeness (QED) is 0.855. The summed E-state index contributed by atoms with van der Waals surface area (Å²) < 4.78 is 0. The number of likely N-dealkylation sites (tertiary alicyclic amines) is 1. The maximum absolute atomic E-state index is 12.6. The molecule has 18 heavy (non-hydrogen) atoms. The van der Waals surface area contributed by atoms with Crippen molar-refractivity contribution < 1.29 is 4.79 Å². The molecule has 2 unspecified atom stereocenters. The van der Waals surface area contributed by atoms with Crippen molar-refractivity contribution in [1.29, 1.82) is 0 Å². The second kappa shape index (κ2) is 5.01. The highest BCUT2D eigenvalue weighted by Crippen LogP contribution is 2.62. The zero-order valence-corrected chi connectivity index (χ0v) is 12.8. The van der Waals surface area contributed by atoms with Gasteiger partial charge in [-0.15, -0.1) is 12.4 Å². The van der Waals surface area contributed by atoms with Crippen molar-refractivity contribution >= 4 is 18.3 Å². The lowest BCUT2D eigenvalue weighted by molar-refractivity contribution is -0.142. The lowest BCUT2D eigenvalue weighted by atomic mass is 9.81. The molecule has 4 heteroatoms. The Labute approximate surface area is 117 Å². The summed E-state index contributed by atoms with van der Waals surface area (Å²) in [7, 11) is 0. The van der Waals surface area contributed by atoms with Gasteiger partial charge in [-0.2, -0.15) is 0 Å². The molecule has 1 amide bonds. The topological polar surface area (TPSA) is 46.3 Å². The zero-order valence-electron chi connectivity index (χ0n) is 12.0. The van der Waals surface area contributed by atoms with E-state index in [2.05, 4.69) is 32.6 Å². The van der Waals surface area contributed by atoms with Crippen LogP contribution in [0, 0.1) is 22.7 Å². The molecular weight excluding hydrogens is 248 g/mol. The van der Waals surface area contributed by atoms with Crippen LogP contribution in [0.3, 0.4) is 0 Å². The molecular formula is C14H27ClN2O. The minimum absolute atomic E-state index is 0. The molecule has 106 valence electrons. The first-order valence-electron chi connectivity index (χ1n) is 6.92. The second-order valence-corrected chi connectivity index (χ2v) is 6.44. The third-order valence-electron chi connectivity index (χ3n) is 5.61. The summed E-state index contributed by atoms with van der Waals surface area (Å²) in [4.78, 5) is 14.7. The minimum atomic E-state index is -0.305. The Morgan fingerprint density at radius 2 is 1.72 bits per heavy atom. The van der Waals surface area contributed by atoms with Crippen molar-refractivity contribution in [3.63, 3.8) is 0 Å². The molecule has 1 aliphatic heterocycles. The summed E-state index contributed by atoms with van der Waals surface area (Å²) in [5.74, 6) is 1.76. The summed E-state index contributed by atoms with van der Waals surface area (Å²) in [5.41, 5.74) is 6.02. The smallest absolute Gasteiger partial charge is 0.230 e. The van der Waals surface area contributed by atoms with Crippen LogP contribution in [0.1, 0.15) is 40.5 Å². The van der Waals surface area contributed by atoms with Gasteiger partial charge in [0.1, 0.15) is 0 Å². The molecule has 2 N–H and O–H groups in total. The molecule has 2 aliphatic rings. The fraction of sp³-hybridized carbons (Fsp3) is 0.929. The zero-order chi connectivity index (χ0) is 12.8. The van der Waals surface area contributed by atoms with E-state index in [1.165, 1.54) is 0 Å². The SMILES string of the molecule is CCC(CC)(CN)C(=O)N1CC2C(C1)C2(C)C.Cl. The van der Waals surface area contributed by atoms with E-state index in [9.17, 15) is 4.79 Å². The second-order valence-electron chi connectivity index (χ2n) is 6.44. The third kappa shape index (κ3) is 2.05. The summed E-state index contributed by atoms with van der Waals surface area (Å²) in [5, 5.41) is 0. The van der Waals surface area contributed by atoms with Gasteiger partial charge in [-0.05, 0) is 30.1 Å². The average Bonchev–Trinajstić information content (AvgIpc) is 2.73. The number of amides is 1. The highest BCUT2D eigenvalue weighted by Gasteiger charge is 2.63. The molecule has 0 aromatic carbocycles. The number of hydrogen-bond acceptors (Lipinski definition) is 2. The maximum atomic E-state index is 12.6. The van der Waals surface area contributed by atoms with Gasteiger partial charge in [0, 0.05) is 19.6 Å². The van der Waals surface area contributed by atoms with Gasteiger partial charge >= 0.3 is 0 Å². The predicted octanol–water partition coefficient (Wildman–Crippen LogP) is 2.29. The summed E-state index contributed by atoms with van der Waals surface area (Å²) in [6.07, 6.45) is 1.71. The van der Waals surface area contributed by atoms with Gasteiger partial charge in [0.25, 0.3) is 0 Å². The Hall–Kier alpha value is -0.280. The normalized spacial score (nSPS) is 28.6. The third-order valence-corrected chi connectivity index (χ3v) is 5.61. The number of carbonyl (C=O) groups is 1. The van der Waals surface area contributed by atoms with E-state index in [0.717, 1.165) is 37.8 Å². The van der Waals surface area contributed by atoms with Gasteiger partial charge < -0.3 is 10.6 Å². The first-order valence-corrected chi connectivity index (χ1v) is 6.92. The van der Waals surface area contributed by atoms with Crippen LogP contribution in [-0.2, 0) is 4.79 Å². The summed E-state index contributed by atoms with van der Waals surface area (Å²) >= 11 is 0. The fourth-order valence-corrected chi connectivity index (χ4v) is 3.56. The molecule has 1 saturated heterocycles. The highest BCUT2D eigenvalue weighted by atomic mass is 35.5. The number of hydrogen-bond donors (Lipinski definition) is 1. The van der Waals surface area contributed by atoms with Gasteiger partial charge in [-0.3, -0.25) is 4.79 Å². The fourth-order valence-electron chi connectivity index (χ4n) is 3.56. The van der Waals surface area contributed by atoms with Crippen molar-refractivity contribution in [1.82, 2.24) is 4.90 Å². The van der Waals surface area contributed by atoms with Crippen LogP contribution in [-0.4, -0.2) is 30.4 Å². The number of piperidine rings is 1. The van der Waals surface area contributed by atoms with E-state index in [1.807, 2.05) is 0 Å². The maximum Gasteiger partial charge on any atom is 0.230 e. The van der Waals surface area contributed by atoms with E-state index >= 15 is 0 Å². The molecule has 1 aliphatic carbocycles. The summed E-state index contributed by atoms with van der Waals surface area (Å²) in [6, 6.07) is 0. The van der Waals surface area contributed by atoms with Crippen molar-refractivity contribution in [2.75, 3.05) is 19.6 Å². The first-order chi connectivity index (χ1) is 7.93. The van der Waals surface area contributed by atoms with Crippen LogP contribution in [0.2, 0.25) is 0 Å². The van der Waals surface area contributed by atoms with Gasteiger partial charge in [-0.25, -0.2) is 0 Å². The van der Waals surface area contributed by atoms with Crippen molar-refractivity contribution in [2.45, 2.75) is 40.5 Å². The molecule has 0 aromatic rings. The molecule has 0 aromatic heterocycles. The lowest BCUT2D eigenvalue weighted by Gasteiger charge is -2.34. The van der Waals surface area contributed by atoms with Crippen molar-refractivity contribution in [3.05, 3.63) is 0 Å². The molecule has 2 atom stereocenters. The molecule has 0 spiro atoms. The van der Waals surface area contributed by atoms with E-state index in [1.54, 1.807) is 0 Å². The summed E-state index contributed by atoms with van der Waals surface area (Å²) in [6.45, 7) is 11.2. The molecule has 1 heterocycles. The van der Waals surface area contributed by atoms with E-state index in [-0.39, 0.29) is 17.8 Å². The number of rotatable bonds is 4. The van der Waals surface area contributed by atoms with Gasteiger partial charge in [0.05, 0.1) is 5.41 Å². The monoisotopic (exact) mass is 274 g/mol. The molecule has 2 rings (SSSR count). The predicted molar refractivity (Wildman–Crippen MR) is 76.7 cm³/mol. The van der Waals surface area contributed by atoms with Crippen LogP contribution in [0.4, 0.5) is 0 Å². The van der Waals surface area contributed by atoms with E-state index in [4.69, 9.17) is 5.73 Å². The average molecular weight is 275 g/mol. The number of halogens is 1. The Morgan fingerprint density at radius 3 is 2.06 bits per heavy atom. The van der Waals surface area contributed by atoms with Crippen LogP contribution >= 0.6 is 12.4 Å². The standard InChI is InChI=1S/C14H26N2O.ClH/c1-5-14(6-2,9-15)12(17)16-7-10-11(8-16)13(10,3)4;/h10-11H,5-9,15H2,1-4H3;1H. The van der Waals surface area contributed by atoms with Gasteiger partial charge in [-0.1, -0.05) is 27.7 Å². The van der Waals surface area contributed by atoms with Crippen LogP contribution < -0.4 is 5.73 Å². The largest absolute Gasteiger partial charge is 0.342 e. The van der Waals surface area contributed by atoms with Crippen LogP contribution in [0.15, 0.2) is 0 Å². The molecule has 1 saturated carbocycles. The highest BCUT2D eigenvalue weighted by molar-refractivity contribution is 5.85. The van der Waals surface area contributed by atoms with Crippen LogP contribution in [0.5, 0.6) is 0 Å². The van der Waals surface area contributed by atoms with E-state index < -0.39 is 0 Å². The Morgan fingerprint density at radius 1 is 1.28 bits per heavy atom. The van der Waals surface area contributed by atoms with Crippen molar-refractivity contribution in [3.8, 4) is 0 Å². The van der Waals surface area contributed by atoms with Crippen molar-refractivity contribution in [2.24, 2.45) is 28.4 Å². The van der Waals surface area contributed by atoms with Gasteiger partial charge in [0.2, 0.25) is 5.91 Å². The number of fused-ring (bicyclic) bond motifs is 1. The molecule has 0 bridgehead atoms. The van der Waals surface area contributed by atoms with Gasteiger partial charge in [0.15, 0.2) is 0 Å². The number of carbonyl (C=O) groups excluding carboxylic acids is 1. The molecule has 3 nitrogen and oxygen atoms in total. The Balaban J connectivity index is 0.00000162.